The summed E-state index contributed by atoms with van der Waals surface area (Å²) in [7, 11) is -2.30. The highest BCUT2D eigenvalue weighted by Gasteiger charge is 2.20. The van der Waals surface area contributed by atoms with E-state index in [-0.39, 0.29) is 16.0 Å². The predicted molar refractivity (Wildman–Crippen MR) is 120 cm³/mol. The maximum absolute atomic E-state index is 14.7. The molecule has 0 heterocycles. The molecule has 3 aromatic carbocycles. The fourth-order valence-electron chi connectivity index (χ4n) is 3.09. The summed E-state index contributed by atoms with van der Waals surface area (Å²) < 4.78 is 52.3. The Hall–Kier alpha value is -3.07. The van der Waals surface area contributed by atoms with Crippen LogP contribution in [0.15, 0.2) is 71.6 Å². The van der Waals surface area contributed by atoms with Crippen LogP contribution in [0.1, 0.15) is 15.9 Å². The molecule has 168 valence electrons. The fourth-order valence-corrected chi connectivity index (χ4v) is 4.09. The molecule has 0 amide bonds. The highest BCUT2D eigenvalue weighted by Crippen LogP contribution is 2.28. The molecule has 6 nitrogen and oxygen atoms in total. The third kappa shape index (κ3) is 5.79. The number of carbonyl (C=O) groups is 1. The first kappa shape index (κ1) is 23.6. The second kappa shape index (κ2) is 10.5. The van der Waals surface area contributed by atoms with Gasteiger partial charge < -0.3 is 9.47 Å². The Labute approximate surface area is 187 Å². The van der Waals surface area contributed by atoms with E-state index in [1.807, 2.05) is 6.07 Å². The Morgan fingerprint density at radius 1 is 0.969 bits per heavy atom. The topological polar surface area (TPSA) is 81.7 Å². The molecule has 0 unspecified atom stereocenters. The molecular weight excluding hydrogens is 433 g/mol. The molecule has 0 saturated carbocycles. The van der Waals surface area contributed by atoms with E-state index in [4.69, 9.17) is 9.47 Å². The molecule has 32 heavy (non-hydrogen) atoms. The zero-order chi connectivity index (χ0) is 23.1. The van der Waals surface area contributed by atoms with Gasteiger partial charge in [-0.2, -0.15) is 0 Å². The number of aryl methyl sites for hydroxylation is 1. The smallest absolute Gasteiger partial charge is 0.240 e. The number of ether oxygens (including phenoxy) is 2. The molecule has 0 bridgehead atoms. The van der Waals surface area contributed by atoms with Crippen LogP contribution in [0.3, 0.4) is 0 Å². The minimum Gasteiger partial charge on any atom is -0.491 e. The molecule has 0 aliphatic rings. The first-order valence-corrected chi connectivity index (χ1v) is 11.4. The molecule has 8 heteroatoms. The fraction of sp³-hybridized carbons (Fsp3) is 0.208. The van der Waals surface area contributed by atoms with E-state index in [9.17, 15) is 17.6 Å². The molecule has 0 atom stereocenters. The van der Waals surface area contributed by atoms with Gasteiger partial charge in [-0.25, -0.2) is 17.5 Å². The van der Waals surface area contributed by atoms with Crippen LogP contribution >= 0.6 is 0 Å². The summed E-state index contributed by atoms with van der Waals surface area (Å²) in [6.07, 6.45) is 0. The molecule has 3 aromatic rings. The van der Waals surface area contributed by atoms with Crippen LogP contribution in [0.5, 0.6) is 5.75 Å². The summed E-state index contributed by atoms with van der Waals surface area (Å²) in [5, 5.41) is 0. The number of ketones is 1. The Bertz CT molecular complexity index is 1200. The lowest BCUT2D eigenvalue weighted by Gasteiger charge is -2.12. The summed E-state index contributed by atoms with van der Waals surface area (Å²) >= 11 is 0. The van der Waals surface area contributed by atoms with Crippen molar-refractivity contribution in [1.82, 2.24) is 4.72 Å². The number of halogens is 1. The van der Waals surface area contributed by atoms with Gasteiger partial charge in [0.1, 0.15) is 18.2 Å². The summed E-state index contributed by atoms with van der Waals surface area (Å²) in [5.41, 5.74) is 1.46. The maximum atomic E-state index is 14.7. The number of methoxy groups -OCH3 is 1. The summed E-state index contributed by atoms with van der Waals surface area (Å²) in [4.78, 5) is 12.7. The second-order valence-corrected chi connectivity index (χ2v) is 8.85. The predicted octanol–water partition coefficient (Wildman–Crippen LogP) is 3.99. The minimum absolute atomic E-state index is 0.0310. The molecule has 0 spiro atoms. The quantitative estimate of drug-likeness (QED) is 0.368. The molecule has 0 fully saturated rings. The van der Waals surface area contributed by atoms with Crippen molar-refractivity contribution in [3.8, 4) is 16.9 Å². The van der Waals surface area contributed by atoms with Gasteiger partial charge in [-0.3, -0.25) is 4.79 Å². The average Bonchev–Trinajstić information content (AvgIpc) is 2.80. The SMILES string of the molecule is COCCOc1cccc(-c2cc(C)c(F)c(C(=O)CNS(=O)(=O)c3ccccc3)c2)c1. The highest BCUT2D eigenvalue weighted by atomic mass is 32.2. The monoisotopic (exact) mass is 457 g/mol. The molecule has 3 rings (SSSR count). The van der Waals surface area contributed by atoms with Gasteiger partial charge in [0.15, 0.2) is 5.78 Å². The van der Waals surface area contributed by atoms with Crippen LogP contribution in [-0.4, -0.2) is 41.1 Å². The van der Waals surface area contributed by atoms with Gasteiger partial charge >= 0.3 is 0 Å². The van der Waals surface area contributed by atoms with Gasteiger partial charge in [0.25, 0.3) is 0 Å². The zero-order valence-electron chi connectivity index (χ0n) is 17.8. The molecule has 0 saturated heterocycles. The molecule has 0 radical (unpaired) electrons. The Morgan fingerprint density at radius 3 is 2.44 bits per heavy atom. The summed E-state index contributed by atoms with van der Waals surface area (Å²) in [6, 6.07) is 17.9. The number of carbonyl (C=O) groups excluding carboxylic acids is 1. The number of sulfonamides is 1. The molecule has 1 N–H and O–H groups in total. The number of benzene rings is 3. The van der Waals surface area contributed by atoms with Gasteiger partial charge in [0.05, 0.1) is 23.6 Å². The van der Waals surface area contributed by atoms with Crippen molar-refractivity contribution in [3.05, 3.63) is 83.7 Å². The van der Waals surface area contributed by atoms with Crippen LogP contribution in [0, 0.1) is 12.7 Å². The van der Waals surface area contributed by atoms with Crippen LogP contribution < -0.4 is 9.46 Å². The van der Waals surface area contributed by atoms with E-state index >= 15 is 0 Å². The van der Waals surface area contributed by atoms with Gasteiger partial charge in [-0.15, -0.1) is 0 Å². The largest absolute Gasteiger partial charge is 0.491 e. The van der Waals surface area contributed by atoms with Gasteiger partial charge in [0.2, 0.25) is 10.0 Å². The van der Waals surface area contributed by atoms with Crippen molar-refractivity contribution in [2.24, 2.45) is 0 Å². The average molecular weight is 458 g/mol. The normalized spacial score (nSPS) is 11.3. The Morgan fingerprint density at radius 2 is 1.72 bits per heavy atom. The molecule has 0 aliphatic heterocycles. The van der Waals surface area contributed by atoms with Crippen molar-refractivity contribution in [2.45, 2.75) is 11.8 Å². The van der Waals surface area contributed by atoms with Crippen molar-refractivity contribution < 1.29 is 27.1 Å². The van der Waals surface area contributed by atoms with Gasteiger partial charge in [-0.1, -0.05) is 30.3 Å². The second-order valence-electron chi connectivity index (χ2n) is 7.08. The lowest BCUT2D eigenvalue weighted by molar-refractivity contribution is 0.0993. The van der Waals surface area contributed by atoms with Crippen molar-refractivity contribution in [1.29, 1.82) is 0 Å². The lowest BCUT2D eigenvalue weighted by Crippen LogP contribution is -2.30. The first-order chi connectivity index (χ1) is 15.3. The van der Waals surface area contributed by atoms with E-state index < -0.39 is 28.2 Å². The minimum atomic E-state index is -3.89. The van der Waals surface area contributed by atoms with Crippen LogP contribution in [0.4, 0.5) is 4.39 Å². The maximum Gasteiger partial charge on any atom is 0.240 e. The van der Waals surface area contributed by atoms with Crippen molar-refractivity contribution in [3.63, 3.8) is 0 Å². The zero-order valence-corrected chi connectivity index (χ0v) is 18.6. The van der Waals surface area contributed by atoms with Gasteiger partial charge in [0, 0.05) is 7.11 Å². The number of nitrogens with one attached hydrogen (secondary N) is 1. The van der Waals surface area contributed by atoms with Crippen molar-refractivity contribution >= 4 is 15.8 Å². The summed E-state index contributed by atoms with van der Waals surface area (Å²) in [6.45, 7) is 1.82. The van der Waals surface area contributed by atoms with Crippen LogP contribution in [0.25, 0.3) is 11.1 Å². The number of Topliss-reactive ketones (excluding diaryl/α,β-unsaturated/α-hetero) is 1. The van der Waals surface area contributed by atoms with E-state index in [2.05, 4.69) is 4.72 Å². The Balaban J connectivity index is 1.82. The highest BCUT2D eigenvalue weighted by molar-refractivity contribution is 7.89. The van der Waals surface area contributed by atoms with E-state index in [0.29, 0.717) is 24.5 Å². The summed E-state index contributed by atoms with van der Waals surface area (Å²) in [5.74, 6) is -0.727. The van der Waals surface area contributed by atoms with Gasteiger partial charge in [-0.05, 0) is 60.0 Å². The number of rotatable bonds is 10. The number of hydrogen-bond acceptors (Lipinski definition) is 5. The van der Waals surface area contributed by atoms with Crippen LogP contribution in [0.2, 0.25) is 0 Å². The van der Waals surface area contributed by atoms with Crippen molar-refractivity contribution in [2.75, 3.05) is 26.9 Å². The third-order valence-electron chi connectivity index (χ3n) is 4.75. The standard InChI is InChI=1S/C24H24FNO5S/c1-17-13-19(18-7-6-8-20(14-18)31-12-11-30-2)15-22(24(17)25)23(27)16-26-32(28,29)21-9-4-3-5-10-21/h3-10,13-15,26H,11-12,16H2,1-2H3. The Kier molecular flexibility index (Phi) is 7.74. The molecular formula is C24H24FNO5S. The first-order valence-electron chi connectivity index (χ1n) is 9.92. The van der Waals surface area contributed by atoms with Crippen LogP contribution in [-0.2, 0) is 14.8 Å². The molecule has 0 aromatic heterocycles. The lowest BCUT2D eigenvalue weighted by atomic mass is 9.97. The van der Waals surface area contributed by atoms with E-state index in [0.717, 1.165) is 5.56 Å². The van der Waals surface area contributed by atoms with E-state index in [1.165, 1.54) is 18.2 Å². The number of hydrogen-bond donors (Lipinski definition) is 1. The van der Waals surface area contributed by atoms with E-state index in [1.54, 1.807) is 56.5 Å². The third-order valence-corrected chi connectivity index (χ3v) is 6.17. The molecule has 0 aliphatic carbocycles.